The molecule has 5 heteroatoms. The van der Waals surface area contributed by atoms with Crippen LogP contribution in [-0.4, -0.2) is 48.2 Å². The number of para-hydroxylation sites is 1. The molecule has 0 aromatic heterocycles. The van der Waals surface area contributed by atoms with Gasteiger partial charge in [0.1, 0.15) is 0 Å². The lowest BCUT2D eigenvalue weighted by molar-refractivity contribution is 0.0694. The number of aliphatic hydroxyl groups excluding tert-OH is 1. The molecule has 0 fully saturated rings. The first-order chi connectivity index (χ1) is 9.65. The summed E-state index contributed by atoms with van der Waals surface area (Å²) in [5.74, 6) is 0.0153. The standard InChI is InChI=1S/C15H23N3O2/c1-11(2)18(9-4-10-19)15(20)12-5-3-6-13-14(12)17-8-7-16-13/h3,5-6,11,16-17,19H,4,7-10H2,1-2H3. The number of carbonyl (C=O) groups is 1. The van der Waals surface area contributed by atoms with Gasteiger partial charge >= 0.3 is 0 Å². The number of benzene rings is 1. The Morgan fingerprint density at radius 3 is 2.80 bits per heavy atom. The fourth-order valence-corrected chi connectivity index (χ4v) is 2.44. The van der Waals surface area contributed by atoms with Gasteiger partial charge in [-0.3, -0.25) is 4.79 Å². The van der Waals surface area contributed by atoms with Crippen LogP contribution in [0.5, 0.6) is 0 Å². The normalized spacial score (nSPS) is 13.4. The molecule has 5 nitrogen and oxygen atoms in total. The van der Waals surface area contributed by atoms with Gasteiger partial charge in [-0.05, 0) is 32.4 Å². The Kier molecular flexibility index (Phi) is 4.84. The largest absolute Gasteiger partial charge is 0.396 e. The van der Waals surface area contributed by atoms with E-state index in [2.05, 4.69) is 10.6 Å². The molecule has 0 saturated heterocycles. The van der Waals surface area contributed by atoms with Gasteiger partial charge in [0.2, 0.25) is 0 Å². The number of hydrogen-bond acceptors (Lipinski definition) is 4. The van der Waals surface area contributed by atoms with Gasteiger partial charge in [-0.15, -0.1) is 0 Å². The van der Waals surface area contributed by atoms with Crippen molar-refractivity contribution in [2.24, 2.45) is 0 Å². The third kappa shape index (κ3) is 3.04. The first-order valence-corrected chi connectivity index (χ1v) is 7.17. The second-order valence-corrected chi connectivity index (χ2v) is 5.25. The summed E-state index contributed by atoms with van der Waals surface area (Å²) in [4.78, 5) is 14.5. The topological polar surface area (TPSA) is 64.6 Å². The summed E-state index contributed by atoms with van der Waals surface area (Å²) in [7, 11) is 0. The number of nitrogens with one attached hydrogen (secondary N) is 2. The number of fused-ring (bicyclic) bond motifs is 1. The lowest BCUT2D eigenvalue weighted by Gasteiger charge is -2.29. The molecule has 0 unspecified atom stereocenters. The van der Waals surface area contributed by atoms with Crippen LogP contribution >= 0.6 is 0 Å². The fraction of sp³-hybridized carbons (Fsp3) is 0.533. The number of nitrogens with zero attached hydrogens (tertiary/aromatic N) is 1. The van der Waals surface area contributed by atoms with Crippen molar-refractivity contribution in [1.29, 1.82) is 0 Å². The molecule has 2 rings (SSSR count). The molecule has 1 aromatic carbocycles. The average Bonchev–Trinajstić information content (AvgIpc) is 2.46. The van der Waals surface area contributed by atoms with Crippen LogP contribution < -0.4 is 10.6 Å². The molecule has 1 aliphatic heterocycles. The quantitative estimate of drug-likeness (QED) is 0.767. The number of carbonyl (C=O) groups excluding carboxylic acids is 1. The molecule has 0 saturated carbocycles. The first kappa shape index (κ1) is 14.7. The first-order valence-electron chi connectivity index (χ1n) is 7.17. The predicted octanol–water partition coefficient (Wildman–Crippen LogP) is 1.76. The number of anilines is 2. The highest BCUT2D eigenvalue weighted by Gasteiger charge is 2.23. The van der Waals surface area contributed by atoms with E-state index in [1.54, 1.807) is 0 Å². The third-order valence-electron chi connectivity index (χ3n) is 3.48. The molecule has 20 heavy (non-hydrogen) atoms. The Morgan fingerprint density at radius 1 is 1.35 bits per heavy atom. The zero-order chi connectivity index (χ0) is 14.5. The van der Waals surface area contributed by atoms with Gasteiger partial charge in [-0.2, -0.15) is 0 Å². The molecule has 1 aliphatic rings. The molecule has 1 aromatic rings. The minimum absolute atomic E-state index is 0.0153. The van der Waals surface area contributed by atoms with Gasteiger partial charge in [0.15, 0.2) is 0 Å². The molecule has 1 amide bonds. The lowest BCUT2D eigenvalue weighted by atomic mass is 10.1. The number of rotatable bonds is 5. The highest BCUT2D eigenvalue weighted by molar-refractivity contribution is 6.02. The van der Waals surface area contributed by atoms with Gasteiger partial charge in [-0.25, -0.2) is 0 Å². The van der Waals surface area contributed by atoms with Gasteiger partial charge < -0.3 is 20.6 Å². The smallest absolute Gasteiger partial charge is 0.256 e. The molecule has 3 N–H and O–H groups in total. The van der Waals surface area contributed by atoms with Crippen molar-refractivity contribution in [3.63, 3.8) is 0 Å². The van der Waals surface area contributed by atoms with Crippen molar-refractivity contribution in [3.8, 4) is 0 Å². The van der Waals surface area contributed by atoms with Gasteiger partial charge in [0, 0.05) is 32.3 Å². The van der Waals surface area contributed by atoms with Crippen molar-refractivity contribution >= 4 is 17.3 Å². The Balaban J connectivity index is 2.27. The highest BCUT2D eigenvalue weighted by Crippen LogP contribution is 2.29. The van der Waals surface area contributed by atoms with Crippen LogP contribution in [0.25, 0.3) is 0 Å². The van der Waals surface area contributed by atoms with E-state index < -0.39 is 0 Å². The van der Waals surface area contributed by atoms with Crippen molar-refractivity contribution in [3.05, 3.63) is 23.8 Å². The van der Waals surface area contributed by atoms with E-state index in [0.717, 1.165) is 24.5 Å². The third-order valence-corrected chi connectivity index (χ3v) is 3.48. The van der Waals surface area contributed by atoms with E-state index in [0.29, 0.717) is 18.5 Å². The Hall–Kier alpha value is -1.75. The van der Waals surface area contributed by atoms with E-state index >= 15 is 0 Å². The minimum atomic E-state index is 0.0153. The molecule has 1 heterocycles. The summed E-state index contributed by atoms with van der Waals surface area (Å²) in [6.45, 7) is 6.35. The second-order valence-electron chi connectivity index (χ2n) is 5.25. The summed E-state index contributed by atoms with van der Waals surface area (Å²) in [6, 6.07) is 5.85. The van der Waals surface area contributed by atoms with Gasteiger partial charge in [-0.1, -0.05) is 6.07 Å². The average molecular weight is 277 g/mol. The SMILES string of the molecule is CC(C)N(CCCO)C(=O)c1cccc2c1NCCN2. The number of aliphatic hydroxyl groups is 1. The summed E-state index contributed by atoms with van der Waals surface area (Å²) in [5.41, 5.74) is 2.56. The Labute approximate surface area is 120 Å². The summed E-state index contributed by atoms with van der Waals surface area (Å²) in [6.07, 6.45) is 0.602. The monoisotopic (exact) mass is 277 g/mol. The molecular formula is C15H23N3O2. The molecule has 0 bridgehead atoms. The predicted molar refractivity (Wildman–Crippen MR) is 81.3 cm³/mol. The second kappa shape index (κ2) is 6.61. The summed E-state index contributed by atoms with van der Waals surface area (Å²) < 4.78 is 0. The molecular weight excluding hydrogens is 254 g/mol. The fourth-order valence-electron chi connectivity index (χ4n) is 2.44. The van der Waals surface area contributed by atoms with Gasteiger partial charge in [0.05, 0.1) is 16.9 Å². The molecule has 0 aliphatic carbocycles. The van der Waals surface area contributed by atoms with Crippen molar-refractivity contribution in [1.82, 2.24) is 4.90 Å². The highest BCUT2D eigenvalue weighted by atomic mass is 16.3. The van der Waals surface area contributed by atoms with Crippen LogP contribution in [0, 0.1) is 0 Å². The summed E-state index contributed by atoms with van der Waals surface area (Å²) in [5, 5.41) is 15.6. The summed E-state index contributed by atoms with van der Waals surface area (Å²) >= 11 is 0. The van der Waals surface area contributed by atoms with E-state index in [1.165, 1.54) is 0 Å². The maximum absolute atomic E-state index is 12.7. The number of hydrogen-bond donors (Lipinski definition) is 3. The van der Waals surface area contributed by atoms with Crippen molar-refractivity contribution in [2.75, 3.05) is 36.9 Å². The Morgan fingerprint density at radius 2 is 2.10 bits per heavy atom. The molecule has 0 radical (unpaired) electrons. The molecule has 0 spiro atoms. The van der Waals surface area contributed by atoms with Crippen LogP contribution in [0.2, 0.25) is 0 Å². The lowest BCUT2D eigenvalue weighted by Crippen LogP contribution is -2.38. The van der Waals surface area contributed by atoms with Crippen LogP contribution in [0.4, 0.5) is 11.4 Å². The molecule has 110 valence electrons. The molecule has 0 atom stereocenters. The van der Waals surface area contributed by atoms with Crippen LogP contribution in [0.3, 0.4) is 0 Å². The zero-order valence-corrected chi connectivity index (χ0v) is 12.1. The van der Waals surface area contributed by atoms with Crippen LogP contribution in [0.15, 0.2) is 18.2 Å². The maximum Gasteiger partial charge on any atom is 0.256 e. The van der Waals surface area contributed by atoms with Crippen LogP contribution in [0.1, 0.15) is 30.6 Å². The maximum atomic E-state index is 12.7. The van der Waals surface area contributed by atoms with E-state index in [1.807, 2.05) is 36.9 Å². The van der Waals surface area contributed by atoms with Gasteiger partial charge in [0.25, 0.3) is 5.91 Å². The Bertz CT molecular complexity index is 474. The van der Waals surface area contributed by atoms with E-state index in [-0.39, 0.29) is 18.6 Å². The minimum Gasteiger partial charge on any atom is -0.396 e. The number of amides is 1. The van der Waals surface area contributed by atoms with E-state index in [9.17, 15) is 4.79 Å². The van der Waals surface area contributed by atoms with Crippen molar-refractivity contribution in [2.45, 2.75) is 26.3 Å². The zero-order valence-electron chi connectivity index (χ0n) is 12.1. The van der Waals surface area contributed by atoms with Crippen molar-refractivity contribution < 1.29 is 9.90 Å². The van der Waals surface area contributed by atoms with E-state index in [4.69, 9.17) is 5.11 Å². The van der Waals surface area contributed by atoms with Crippen LogP contribution in [-0.2, 0) is 0 Å².